The topological polar surface area (TPSA) is 69.7 Å². The van der Waals surface area contributed by atoms with Crippen molar-refractivity contribution >= 4 is 17.7 Å². The maximum atomic E-state index is 13.8. The fourth-order valence-corrected chi connectivity index (χ4v) is 4.36. The Balaban J connectivity index is 2.27. The number of ether oxygens (including phenoxy) is 2. The van der Waals surface area contributed by atoms with Crippen LogP contribution in [-0.4, -0.2) is 31.9 Å². The van der Waals surface area contributed by atoms with Crippen LogP contribution in [0.1, 0.15) is 36.0 Å². The van der Waals surface area contributed by atoms with Crippen molar-refractivity contribution in [1.29, 1.82) is 0 Å². The van der Waals surface area contributed by atoms with Gasteiger partial charge in [0.05, 0.1) is 19.6 Å². The summed E-state index contributed by atoms with van der Waals surface area (Å²) in [5.74, 6) is -2.62. The second-order valence-electron chi connectivity index (χ2n) is 7.45. The van der Waals surface area contributed by atoms with Gasteiger partial charge in [0.2, 0.25) is 5.41 Å². The van der Waals surface area contributed by atoms with Crippen LogP contribution in [0, 0.1) is 12.3 Å². The van der Waals surface area contributed by atoms with Gasteiger partial charge in [-0.25, -0.2) is 0 Å². The Morgan fingerprint density at radius 3 is 1.96 bits per heavy atom. The summed E-state index contributed by atoms with van der Waals surface area (Å²) in [6.07, 6.45) is -0.000427. The Morgan fingerprint density at radius 1 is 0.929 bits per heavy atom. The molecule has 0 amide bonds. The van der Waals surface area contributed by atoms with Crippen LogP contribution in [0.25, 0.3) is 0 Å². The van der Waals surface area contributed by atoms with Crippen LogP contribution in [0.15, 0.2) is 54.6 Å². The molecule has 1 saturated carbocycles. The van der Waals surface area contributed by atoms with E-state index in [2.05, 4.69) is 0 Å². The molecule has 0 aromatic heterocycles. The molecule has 1 aliphatic carbocycles. The monoisotopic (exact) mass is 380 g/mol. The minimum Gasteiger partial charge on any atom is -0.468 e. The zero-order chi connectivity index (χ0) is 20.5. The summed E-state index contributed by atoms with van der Waals surface area (Å²) >= 11 is 0. The van der Waals surface area contributed by atoms with E-state index in [1.165, 1.54) is 14.2 Å². The van der Waals surface area contributed by atoms with E-state index < -0.39 is 28.6 Å². The number of hydrogen-bond acceptors (Lipinski definition) is 5. The molecule has 5 heteroatoms. The SMILES string of the molecule is COC(=O)C1(C(=O)OC)C[C@@H](c2ccccc2)[C@](C)(c2ccc(C)cc2)C1=O. The van der Waals surface area contributed by atoms with E-state index in [1.807, 2.05) is 61.5 Å². The number of benzene rings is 2. The van der Waals surface area contributed by atoms with Crippen LogP contribution in [0.4, 0.5) is 0 Å². The van der Waals surface area contributed by atoms with Gasteiger partial charge in [-0.05, 0) is 31.4 Å². The second kappa shape index (κ2) is 7.23. The van der Waals surface area contributed by atoms with Gasteiger partial charge in [-0.2, -0.15) is 0 Å². The van der Waals surface area contributed by atoms with Crippen molar-refractivity contribution in [3.05, 3.63) is 71.3 Å². The molecule has 5 nitrogen and oxygen atoms in total. The Bertz CT molecular complexity index is 884. The number of carbonyl (C=O) groups is 3. The predicted octanol–water partition coefficient (Wildman–Crippen LogP) is 3.34. The maximum absolute atomic E-state index is 13.8. The highest BCUT2D eigenvalue weighted by atomic mass is 16.5. The maximum Gasteiger partial charge on any atom is 0.330 e. The normalized spacial score (nSPS) is 23.3. The van der Waals surface area contributed by atoms with E-state index in [0.29, 0.717) is 0 Å². The quantitative estimate of drug-likeness (QED) is 0.601. The van der Waals surface area contributed by atoms with Crippen LogP contribution in [-0.2, 0) is 29.3 Å². The summed E-state index contributed by atoms with van der Waals surface area (Å²) in [5.41, 5.74) is -0.373. The zero-order valence-corrected chi connectivity index (χ0v) is 16.5. The number of methoxy groups -OCH3 is 2. The van der Waals surface area contributed by atoms with Gasteiger partial charge < -0.3 is 9.47 Å². The van der Waals surface area contributed by atoms with E-state index in [4.69, 9.17) is 9.47 Å². The van der Waals surface area contributed by atoms with Crippen molar-refractivity contribution in [1.82, 2.24) is 0 Å². The Hall–Kier alpha value is -2.95. The van der Waals surface area contributed by atoms with Gasteiger partial charge in [-0.1, -0.05) is 60.2 Å². The molecule has 1 aliphatic rings. The predicted molar refractivity (Wildman–Crippen MR) is 104 cm³/mol. The van der Waals surface area contributed by atoms with Crippen molar-refractivity contribution in [3.63, 3.8) is 0 Å². The molecule has 1 fully saturated rings. The first-order valence-electron chi connectivity index (χ1n) is 9.16. The van der Waals surface area contributed by atoms with Gasteiger partial charge in [0.25, 0.3) is 0 Å². The van der Waals surface area contributed by atoms with E-state index in [-0.39, 0.29) is 12.3 Å². The largest absolute Gasteiger partial charge is 0.468 e. The average molecular weight is 380 g/mol. The molecule has 0 heterocycles. The molecule has 0 N–H and O–H groups in total. The molecular weight excluding hydrogens is 356 g/mol. The molecule has 0 saturated heterocycles. The molecule has 2 atom stereocenters. The number of ketones is 1. The average Bonchev–Trinajstić information content (AvgIpc) is 2.97. The highest BCUT2D eigenvalue weighted by molar-refractivity contribution is 6.25. The first-order chi connectivity index (χ1) is 13.3. The Morgan fingerprint density at radius 2 is 1.46 bits per heavy atom. The van der Waals surface area contributed by atoms with Crippen molar-refractivity contribution in [3.8, 4) is 0 Å². The smallest absolute Gasteiger partial charge is 0.330 e. The van der Waals surface area contributed by atoms with Gasteiger partial charge in [-0.15, -0.1) is 0 Å². The first-order valence-corrected chi connectivity index (χ1v) is 9.16. The molecular formula is C23H24O5. The number of carbonyl (C=O) groups excluding carboxylic acids is 3. The summed E-state index contributed by atoms with van der Waals surface area (Å²) in [4.78, 5) is 39.3. The molecule has 0 radical (unpaired) electrons. The molecule has 2 aromatic carbocycles. The van der Waals surface area contributed by atoms with Crippen LogP contribution < -0.4 is 0 Å². The van der Waals surface area contributed by atoms with Crippen molar-refractivity contribution in [2.45, 2.75) is 31.6 Å². The third kappa shape index (κ3) is 2.73. The molecule has 2 aromatic rings. The summed E-state index contributed by atoms with van der Waals surface area (Å²) in [6.45, 7) is 3.76. The lowest BCUT2D eigenvalue weighted by Crippen LogP contribution is -2.49. The van der Waals surface area contributed by atoms with Gasteiger partial charge in [-0.3, -0.25) is 14.4 Å². The van der Waals surface area contributed by atoms with Crippen LogP contribution in [0.3, 0.4) is 0 Å². The lowest BCUT2D eigenvalue weighted by atomic mass is 9.69. The third-order valence-corrected chi connectivity index (χ3v) is 5.99. The minimum absolute atomic E-state index is 0.000427. The van der Waals surface area contributed by atoms with Crippen LogP contribution >= 0.6 is 0 Å². The summed E-state index contributed by atoms with van der Waals surface area (Å²) in [6, 6.07) is 17.1. The van der Waals surface area contributed by atoms with Gasteiger partial charge in [0.15, 0.2) is 5.78 Å². The van der Waals surface area contributed by atoms with E-state index >= 15 is 0 Å². The summed E-state index contributed by atoms with van der Waals surface area (Å²) in [5, 5.41) is 0. The highest BCUT2D eigenvalue weighted by Crippen LogP contribution is 2.57. The van der Waals surface area contributed by atoms with Crippen LogP contribution in [0.5, 0.6) is 0 Å². The molecule has 3 rings (SSSR count). The minimum atomic E-state index is -1.98. The number of Topliss-reactive ketones (excluding diaryl/α,β-unsaturated/α-hetero) is 1. The molecule has 0 spiro atoms. The molecule has 146 valence electrons. The van der Waals surface area contributed by atoms with Crippen molar-refractivity contribution < 1.29 is 23.9 Å². The van der Waals surface area contributed by atoms with Crippen molar-refractivity contribution in [2.24, 2.45) is 5.41 Å². The van der Waals surface area contributed by atoms with Crippen LogP contribution in [0.2, 0.25) is 0 Å². The summed E-state index contributed by atoms with van der Waals surface area (Å²) in [7, 11) is 2.36. The molecule has 28 heavy (non-hydrogen) atoms. The van der Waals surface area contributed by atoms with Gasteiger partial charge in [0.1, 0.15) is 0 Å². The van der Waals surface area contributed by atoms with E-state index in [0.717, 1.165) is 16.7 Å². The zero-order valence-electron chi connectivity index (χ0n) is 16.5. The molecule has 0 unspecified atom stereocenters. The standard InChI is InChI=1S/C23H24O5/c1-15-10-12-17(13-11-15)22(2)18(16-8-6-5-7-9-16)14-23(19(22)24,20(25)27-3)21(26)28-4/h5-13,18H,14H2,1-4H3/t18-,22-/m0/s1. The first kappa shape index (κ1) is 19.8. The molecule has 0 bridgehead atoms. The molecule has 0 aliphatic heterocycles. The fourth-order valence-electron chi connectivity index (χ4n) is 4.36. The number of hydrogen-bond donors (Lipinski definition) is 0. The van der Waals surface area contributed by atoms with Gasteiger partial charge >= 0.3 is 11.9 Å². The number of esters is 2. The van der Waals surface area contributed by atoms with Gasteiger partial charge in [0, 0.05) is 5.92 Å². The lowest BCUT2D eigenvalue weighted by Gasteiger charge is -2.31. The number of rotatable bonds is 4. The second-order valence-corrected chi connectivity index (χ2v) is 7.45. The Labute approximate surface area is 164 Å². The summed E-state index contributed by atoms with van der Waals surface area (Å²) < 4.78 is 9.81. The number of aryl methyl sites for hydroxylation is 1. The fraction of sp³-hybridized carbons (Fsp3) is 0.348. The third-order valence-electron chi connectivity index (χ3n) is 5.99. The Kier molecular flexibility index (Phi) is 5.11. The van der Waals surface area contributed by atoms with Crippen molar-refractivity contribution in [2.75, 3.05) is 14.2 Å². The highest BCUT2D eigenvalue weighted by Gasteiger charge is 2.69. The van der Waals surface area contributed by atoms with E-state index in [9.17, 15) is 14.4 Å². The van der Waals surface area contributed by atoms with E-state index in [1.54, 1.807) is 6.92 Å². The lowest BCUT2D eigenvalue weighted by molar-refractivity contribution is -0.171.